The lowest BCUT2D eigenvalue weighted by molar-refractivity contribution is -0.118. The molecule has 1 heterocycles. The van der Waals surface area contributed by atoms with Crippen LogP contribution in [0.25, 0.3) is 6.08 Å². The molecule has 0 bridgehead atoms. The Balaban J connectivity index is 1.89. The number of allylic oxidation sites excluding steroid dienone is 1. The summed E-state index contributed by atoms with van der Waals surface area (Å²) in [6.45, 7) is 3.33. The van der Waals surface area contributed by atoms with Crippen LogP contribution in [0, 0.1) is 6.92 Å². The number of amides is 1. The molecule has 0 saturated heterocycles. The van der Waals surface area contributed by atoms with Crippen LogP contribution in [0.1, 0.15) is 23.1 Å². The van der Waals surface area contributed by atoms with Gasteiger partial charge >= 0.3 is 0 Å². The Morgan fingerprint density at radius 3 is 2.55 bits per heavy atom. The predicted molar refractivity (Wildman–Crippen MR) is 121 cm³/mol. The van der Waals surface area contributed by atoms with Crippen LogP contribution in [-0.4, -0.2) is 16.6 Å². The third-order valence-corrected chi connectivity index (χ3v) is 5.10. The highest BCUT2D eigenvalue weighted by Gasteiger charge is 2.12. The lowest BCUT2D eigenvalue weighted by Crippen LogP contribution is -2.26. The fourth-order valence-electron chi connectivity index (χ4n) is 2.38. The topological polar surface area (TPSA) is 78.4 Å². The number of halogens is 1. The minimum absolute atomic E-state index is 0.193. The van der Waals surface area contributed by atoms with E-state index in [0.717, 1.165) is 27.5 Å². The second-order valence-corrected chi connectivity index (χ2v) is 7.54. The van der Waals surface area contributed by atoms with Crippen molar-refractivity contribution in [3.63, 3.8) is 0 Å². The van der Waals surface area contributed by atoms with Gasteiger partial charge in [-0.05, 0) is 42.8 Å². The fraction of sp³-hybridized carbons (Fsp3) is 0.0952. The van der Waals surface area contributed by atoms with Crippen LogP contribution in [-0.2, 0) is 4.79 Å². The van der Waals surface area contributed by atoms with Crippen LogP contribution in [0.15, 0.2) is 65.8 Å². The molecule has 1 amide bonds. The molecule has 3 aromatic rings. The van der Waals surface area contributed by atoms with Gasteiger partial charge in [0.25, 0.3) is 0 Å². The molecule has 2 aromatic carbocycles. The van der Waals surface area contributed by atoms with Crippen molar-refractivity contribution in [2.24, 2.45) is 5.10 Å². The normalized spacial score (nSPS) is 11.5. The number of hydrogen-bond donors (Lipinski definition) is 3. The van der Waals surface area contributed by atoms with Gasteiger partial charge in [0, 0.05) is 11.9 Å². The number of para-hydroxylation sites is 1. The molecule has 0 spiro atoms. The van der Waals surface area contributed by atoms with Crippen molar-refractivity contribution in [1.29, 1.82) is 0 Å². The zero-order chi connectivity index (χ0) is 20.6. The Bertz CT molecular complexity index is 1030. The standard InChI is InChI=1S/C21H20ClN5OS/c1-14-20(29-21(23-14)27-24-15(2)28)19(26-25-18-6-4-3-5-7-18)13-10-16-8-11-17(22)12-9-16/h3-13,25H,1-2H3,(H,23,27)(H,24,28)/b13-10+,26-19-. The number of benzene rings is 2. The molecule has 0 aliphatic heterocycles. The SMILES string of the molecule is CC(=O)NNc1nc(C)c(C(/C=C/c2ccc(Cl)cc2)=N\Nc2ccccc2)s1. The zero-order valence-electron chi connectivity index (χ0n) is 15.9. The molecule has 0 radical (unpaired) electrons. The average Bonchev–Trinajstić information content (AvgIpc) is 3.09. The minimum atomic E-state index is -0.193. The van der Waals surface area contributed by atoms with Gasteiger partial charge in [-0.3, -0.25) is 21.1 Å². The van der Waals surface area contributed by atoms with Crippen LogP contribution < -0.4 is 16.3 Å². The summed E-state index contributed by atoms with van der Waals surface area (Å²) < 4.78 is 0. The van der Waals surface area contributed by atoms with Crippen LogP contribution in [0.4, 0.5) is 10.8 Å². The summed E-state index contributed by atoms with van der Waals surface area (Å²) in [5.74, 6) is -0.193. The Morgan fingerprint density at radius 1 is 1.14 bits per heavy atom. The number of anilines is 2. The summed E-state index contributed by atoms with van der Waals surface area (Å²) in [6, 6.07) is 17.3. The molecule has 3 rings (SSSR count). The van der Waals surface area contributed by atoms with E-state index >= 15 is 0 Å². The van der Waals surface area contributed by atoms with Gasteiger partial charge in [-0.15, -0.1) is 0 Å². The Kier molecular flexibility index (Phi) is 6.99. The van der Waals surface area contributed by atoms with Gasteiger partial charge in [0.2, 0.25) is 11.0 Å². The van der Waals surface area contributed by atoms with E-state index in [1.165, 1.54) is 18.3 Å². The molecule has 8 heteroatoms. The quantitative estimate of drug-likeness (QED) is 0.363. The monoisotopic (exact) mass is 425 g/mol. The van der Waals surface area contributed by atoms with Gasteiger partial charge in [-0.1, -0.05) is 59.3 Å². The van der Waals surface area contributed by atoms with Gasteiger partial charge in [-0.25, -0.2) is 4.98 Å². The molecule has 148 valence electrons. The van der Waals surface area contributed by atoms with E-state index < -0.39 is 0 Å². The number of carbonyl (C=O) groups excluding carboxylic acids is 1. The third kappa shape index (κ3) is 6.17. The molecule has 0 unspecified atom stereocenters. The van der Waals surface area contributed by atoms with Gasteiger partial charge in [0.15, 0.2) is 0 Å². The Labute approximate surface area is 178 Å². The minimum Gasteiger partial charge on any atom is -0.278 e. The van der Waals surface area contributed by atoms with Crippen molar-refractivity contribution in [3.05, 3.63) is 81.8 Å². The zero-order valence-corrected chi connectivity index (χ0v) is 17.5. The second-order valence-electron chi connectivity index (χ2n) is 6.10. The second kappa shape index (κ2) is 9.86. The fourth-order valence-corrected chi connectivity index (χ4v) is 3.39. The van der Waals surface area contributed by atoms with E-state index in [1.54, 1.807) is 0 Å². The van der Waals surface area contributed by atoms with E-state index in [9.17, 15) is 4.79 Å². The molecule has 0 fully saturated rings. The van der Waals surface area contributed by atoms with Crippen molar-refractivity contribution in [2.75, 3.05) is 10.9 Å². The maximum absolute atomic E-state index is 11.1. The number of rotatable bonds is 7. The third-order valence-electron chi connectivity index (χ3n) is 3.76. The van der Waals surface area contributed by atoms with Crippen molar-refractivity contribution in [2.45, 2.75) is 13.8 Å². The number of aromatic nitrogens is 1. The molecule has 6 nitrogen and oxygen atoms in total. The molecule has 0 aliphatic carbocycles. The van der Waals surface area contributed by atoms with Crippen LogP contribution in [0.2, 0.25) is 5.02 Å². The first-order valence-electron chi connectivity index (χ1n) is 8.84. The van der Waals surface area contributed by atoms with Gasteiger partial charge in [0.05, 0.1) is 16.3 Å². The highest BCUT2D eigenvalue weighted by atomic mass is 35.5. The van der Waals surface area contributed by atoms with Gasteiger partial charge < -0.3 is 0 Å². The average molecular weight is 426 g/mol. The maximum Gasteiger partial charge on any atom is 0.235 e. The van der Waals surface area contributed by atoms with Gasteiger partial charge in [0.1, 0.15) is 5.71 Å². The van der Waals surface area contributed by atoms with Crippen molar-refractivity contribution >= 4 is 51.5 Å². The molecular weight excluding hydrogens is 406 g/mol. The molecule has 29 heavy (non-hydrogen) atoms. The Hall–Kier alpha value is -3.16. The number of nitrogens with one attached hydrogen (secondary N) is 3. The van der Waals surface area contributed by atoms with Crippen LogP contribution >= 0.6 is 22.9 Å². The number of hydrogen-bond acceptors (Lipinski definition) is 6. The van der Waals surface area contributed by atoms with E-state index in [-0.39, 0.29) is 5.91 Å². The molecule has 3 N–H and O–H groups in total. The molecular formula is C21H20ClN5OS. The van der Waals surface area contributed by atoms with E-state index in [4.69, 9.17) is 11.6 Å². The lowest BCUT2D eigenvalue weighted by Gasteiger charge is -2.04. The van der Waals surface area contributed by atoms with Crippen molar-refractivity contribution < 1.29 is 4.79 Å². The molecule has 0 atom stereocenters. The first-order chi connectivity index (χ1) is 14.0. The lowest BCUT2D eigenvalue weighted by atomic mass is 10.1. The number of nitrogens with zero attached hydrogens (tertiary/aromatic N) is 2. The molecule has 0 saturated carbocycles. The van der Waals surface area contributed by atoms with Crippen molar-refractivity contribution in [3.8, 4) is 0 Å². The molecule has 1 aromatic heterocycles. The molecule has 0 aliphatic rings. The number of aryl methyl sites for hydroxylation is 1. The first-order valence-corrected chi connectivity index (χ1v) is 10.0. The van der Waals surface area contributed by atoms with Crippen molar-refractivity contribution in [1.82, 2.24) is 10.4 Å². The smallest absolute Gasteiger partial charge is 0.235 e. The Morgan fingerprint density at radius 2 is 1.86 bits per heavy atom. The van der Waals surface area contributed by atoms with E-state index in [0.29, 0.717) is 10.2 Å². The van der Waals surface area contributed by atoms with Crippen LogP contribution in [0.3, 0.4) is 0 Å². The number of thiazole rings is 1. The van der Waals surface area contributed by atoms with Crippen LogP contribution in [0.5, 0.6) is 0 Å². The summed E-state index contributed by atoms with van der Waals surface area (Å²) in [5.41, 5.74) is 11.8. The number of carbonyl (C=O) groups is 1. The maximum atomic E-state index is 11.1. The largest absolute Gasteiger partial charge is 0.278 e. The summed E-state index contributed by atoms with van der Waals surface area (Å²) >= 11 is 7.36. The van der Waals surface area contributed by atoms with E-state index in [2.05, 4.69) is 26.4 Å². The number of hydrazine groups is 1. The summed E-state index contributed by atoms with van der Waals surface area (Å²) in [5, 5.41) is 5.85. The highest BCUT2D eigenvalue weighted by molar-refractivity contribution is 7.17. The number of hydrazone groups is 1. The summed E-state index contributed by atoms with van der Waals surface area (Å²) in [7, 11) is 0. The predicted octanol–water partition coefficient (Wildman–Crippen LogP) is 5.10. The first kappa shape index (κ1) is 20.6. The summed E-state index contributed by atoms with van der Waals surface area (Å²) in [6.07, 6.45) is 3.88. The van der Waals surface area contributed by atoms with Gasteiger partial charge in [-0.2, -0.15) is 5.10 Å². The van der Waals surface area contributed by atoms with E-state index in [1.807, 2.05) is 73.7 Å². The summed E-state index contributed by atoms with van der Waals surface area (Å²) in [4.78, 5) is 16.5. The highest BCUT2D eigenvalue weighted by Crippen LogP contribution is 2.24.